The van der Waals surface area contributed by atoms with Crippen LogP contribution in [0.2, 0.25) is 0 Å². The van der Waals surface area contributed by atoms with E-state index in [0.29, 0.717) is 0 Å². The van der Waals surface area contributed by atoms with Crippen LogP contribution in [0.25, 0.3) is 21.7 Å². The standard InChI is InChI=1S/C21H22INS/c1-4-14-11-17(12-15(5-2)19(14)6-3)21-13-20(23-24-21)16-7-9-18(22)10-8-16/h7-13H,4-6H2,1-3H3. The normalized spacial score (nSPS) is 11.0. The van der Waals surface area contributed by atoms with Gasteiger partial charge in [-0.15, -0.1) is 0 Å². The first-order valence-corrected chi connectivity index (χ1v) is 10.4. The zero-order valence-electron chi connectivity index (χ0n) is 14.4. The van der Waals surface area contributed by atoms with E-state index in [1.807, 2.05) is 0 Å². The maximum Gasteiger partial charge on any atom is 0.0847 e. The van der Waals surface area contributed by atoms with Gasteiger partial charge in [-0.2, -0.15) is 4.37 Å². The fraction of sp³-hybridized carbons (Fsp3) is 0.286. The highest BCUT2D eigenvalue weighted by molar-refractivity contribution is 14.1. The van der Waals surface area contributed by atoms with Crippen molar-refractivity contribution >= 4 is 34.1 Å². The maximum atomic E-state index is 4.69. The minimum atomic E-state index is 1.07. The summed E-state index contributed by atoms with van der Waals surface area (Å²) in [7, 11) is 0. The molecule has 0 aliphatic heterocycles. The summed E-state index contributed by atoms with van der Waals surface area (Å²) >= 11 is 3.94. The number of halogens is 1. The number of nitrogens with zero attached hydrogens (tertiary/aromatic N) is 1. The second kappa shape index (κ2) is 7.79. The first-order valence-electron chi connectivity index (χ1n) is 8.53. The van der Waals surface area contributed by atoms with Crippen LogP contribution in [0.4, 0.5) is 0 Å². The topological polar surface area (TPSA) is 12.9 Å². The zero-order chi connectivity index (χ0) is 17.1. The summed E-state index contributed by atoms with van der Waals surface area (Å²) < 4.78 is 5.94. The van der Waals surface area contributed by atoms with Gasteiger partial charge < -0.3 is 0 Å². The van der Waals surface area contributed by atoms with E-state index in [2.05, 4.69) is 90.2 Å². The minimum absolute atomic E-state index is 1.07. The molecule has 1 aromatic heterocycles. The van der Waals surface area contributed by atoms with Gasteiger partial charge in [0.05, 0.1) is 10.6 Å². The Morgan fingerprint density at radius 2 is 1.46 bits per heavy atom. The van der Waals surface area contributed by atoms with E-state index in [9.17, 15) is 0 Å². The molecule has 1 heterocycles. The van der Waals surface area contributed by atoms with Crippen LogP contribution in [-0.4, -0.2) is 4.37 Å². The van der Waals surface area contributed by atoms with Gasteiger partial charge in [-0.1, -0.05) is 45.0 Å². The van der Waals surface area contributed by atoms with Crippen molar-refractivity contribution in [2.24, 2.45) is 0 Å². The van der Waals surface area contributed by atoms with E-state index in [1.165, 1.54) is 36.3 Å². The van der Waals surface area contributed by atoms with Crippen molar-refractivity contribution in [3.8, 4) is 21.7 Å². The summed E-state index contributed by atoms with van der Waals surface area (Å²) in [4.78, 5) is 1.26. The molecule has 3 rings (SSSR count). The molecule has 0 N–H and O–H groups in total. The van der Waals surface area contributed by atoms with Crippen LogP contribution in [0.1, 0.15) is 37.5 Å². The third-order valence-corrected chi connectivity index (χ3v) is 6.04. The van der Waals surface area contributed by atoms with Crippen molar-refractivity contribution in [1.29, 1.82) is 0 Å². The molecule has 0 aliphatic rings. The molecule has 0 atom stereocenters. The number of hydrogen-bond donors (Lipinski definition) is 0. The van der Waals surface area contributed by atoms with E-state index in [-0.39, 0.29) is 0 Å². The molecule has 0 unspecified atom stereocenters. The van der Waals surface area contributed by atoms with Gasteiger partial charge in [-0.25, -0.2) is 0 Å². The van der Waals surface area contributed by atoms with E-state index in [4.69, 9.17) is 0 Å². The molecule has 3 aromatic rings. The van der Waals surface area contributed by atoms with Crippen molar-refractivity contribution in [3.63, 3.8) is 0 Å². The summed E-state index contributed by atoms with van der Waals surface area (Å²) in [6, 6.07) is 15.5. The van der Waals surface area contributed by atoms with Crippen molar-refractivity contribution in [3.05, 3.63) is 62.7 Å². The molecule has 0 bridgehead atoms. The number of hydrogen-bond acceptors (Lipinski definition) is 2. The predicted molar refractivity (Wildman–Crippen MR) is 114 cm³/mol. The Morgan fingerprint density at radius 3 is 2.00 bits per heavy atom. The summed E-state index contributed by atoms with van der Waals surface area (Å²) in [6.07, 6.45) is 3.29. The van der Waals surface area contributed by atoms with Crippen molar-refractivity contribution in [1.82, 2.24) is 4.37 Å². The van der Waals surface area contributed by atoms with Crippen LogP contribution >= 0.6 is 34.1 Å². The van der Waals surface area contributed by atoms with Crippen molar-refractivity contribution < 1.29 is 0 Å². The molecule has 24 heavy (non-hydrogen) atoms. The molecule has 0 radical (unpaired) electrons. The molecular formula is C21H22INS. The lowest BCUT2D eigenvalue weighted by atomic mass is 9.92. The van der Waals surface area contributed by atoms with Gasteiger partial charge in [0.1, 0.15) is 0 Å². The van der Waals surface area contributed by atoms with E-state index in [1.54, 1.807) is 11.5 Å². The van der Waals surface area contributed by atoms with Gasteiger partial charge in [-0.05, 0) is 93.8 Å². The van der Waals surface area contributed by atoms with Gasteiger partial charge in [0.2, 0.25) is 0 Å². The zero-order valence-corrected chi connectivity index (χ0v) is 17.4. The van der Waals surface area contributed by atoms with Crippen LogP contribution in [0.3, 0.4) is 0 Å². The average molecular weight is 447 g/mol. The number of aryl methyl sites for hydroxylation is 2. The summed E-state index contributed by atoms with van der Waals surface area (Å²) in [5.41, 5.74) is 8.07. The van der Waals surface area contributed by atoms with Crippen LogP contribution < -0.4 is 0 Å². The third kappa shape index (κ3) is 3.57. The Bertz CT molecular complexity index is 808. The summed E-state index contributed by atoms with van der Waals surface area (Å²) in [5.74, 6) is 0. The van der Waals surface area contributed by atoms with Gasteiger partial charge in [-0.3, -0.25) is 0 Å². The largest absolute Gasteiger partial charge is 0.192 e. The second-order valence-corrected chi connectivity index (χ2v) is 7.97. The summed E-state index contributed by atoms with van der Waals surface area (Å²) in [5, 5.41) is 0. The van der Waals surface area contributed by atoms with Crippen LogP contribution in [0, 0.1) is 3.57 Å². The Labute approximate surface area is 162 Å². The van der Waals surface area contributed by atoms with Crippen LogP contribution in [0.15, 0.2) is 42.5 Å². The lowest BCUT2D eigenvalue weighted by Crippen LogP contribution is -1.98. The van der Waals surface area contributed by atoms with E-state index < -0.39 is 0 Å². The number of benzene rings is 2. The molecule has 0 saturated carbocycles. The highest BCUT2D eigenvalue weighted by Gasteiger charge is 2.12. The fourth-order valence-electron chi connectivity index (χ4n) is 3.19. The highest BCUT2D eigenvalue weighted by atomic mass is 127. The molecule has 124 valence electrons. The Balaban J connectivity index is 2.02. The van der Waals surface area contributed by atoms with Gasteiger partial charge >= 0.3 is 0 Å². The predicted octanol–water partition coefficient (Wildman–Crippen LogP) is 6.77. The number of aromatic nitrogens is 1. The van der Waals surface area contributed by atoms with E-state index >= 15 is 0 Å². The van der Waals surface area contributed by atoms with Gasteiger partial charge in [0.25, 0.3) is 0 Å². The molecule has 0 spiro atoms. The molecule has 0 aliphatic carbocycles. The van der Waals surface area contributed by atoms with Crippen LogP contribution in [-0.2, 0) is 19.3 Å². The minimum Gasteiger partial charge on any atom is -0.192 e. The molecule has 2 aromatic carbocycles. The molecule has 0 amide bonds. The van der Waals surface area contributed by atoms with Gasteiger partial charge in [0.15, 0.2) is 0 Å². The van der Waals surface area contributed by atoms with Crippen molar-refractivity contribution in [2.45, 2.75) is 40.0 Å². The maximum absolute atomic E-state index is 4.69. The number of rotatable bonds is 5. The lowest BCUT2D eigenvalue weighted by Gasteiger charge is -2.13. The Hall–Kier alpha value is -1.20. The molecule has 0 fully saturated rings. The quantitative estimate of drug-likeness (QED) is 0.394. The lowest BCUT2D eigenvalue weighted by molar-refractivity contribution is 0.982. The first kappa shape index (κ1) is 17.6. The van der Waals surface area contributed by atoms with Gasteiger partial charge in [0, 0.05) is 9.13 Å². The second-order valence-electron chi connectivity index (χ2n) is 5.92. The smallest absolute Gasteiger partial charge is 0.0847 e. The molecular weight excluding hydrogens is 425 g/mol. The first-order chi connectivity index (χ1) is 11.7. The highest BCUT2D eigenvalue weighted by Crippen LogP contribution is 2.33. The summed E-state index contributed by atoms with van der Waals surface area (Å²) in [6.45, 7) is 6.76. The third-order valence-electron chi connectivity index (χ3n) is 4.48. The average Bonchev–Trinajstić information content (AvgIpc) is 3.11. The Morgan fingerprint density at radius 1 is 0.833 bits per heavy atom. The monoisotopic (exact) mass is 447 g/mol. The molecule has 1 nitrogen and oxygen atoms in total. The van der Waals surface area contributed by atoms with Crippen LogP contribution in [0.5, 0.6) is 0 Å². The molecule has 0 saturated heterocycles. The SMILES string of the molecule is CCc1cc(-c2cc(-c3ccc(I)cc3)ns2)cc(CC)c1CC. The van der Waals surface area contributed by atoms with Crippen molar-refractivity contribution in [2.75, 3.05) is 0 Å². The fourth-order valence-corrected chi connectivity index (χ4v) is 4.29. The Kier molecular flexibility index (Phi) is 5.72. The molecule has 3 heteroatoms. The van der Waals surface area contributed by atoms with E-state index in [0.717, 1.165) is 25.0 Å².